The highest BCUT2D eigenvalue weighted by Crippen LogP contribution is 2.33. The van der Waals surface area contributed by atoms with Gasteiger partial charge in [0.2, 0.25) is 0 Å². The van der Waals surface area contributed by atoms with Crippen LogP contribution in [0.25, 0.3) is 22.6 Å². The van der Waals surface area contributed by atoms with Crippen molar-refractivity contribution in [1.29, 1.82) is 0 Å². The number of halogens is 1. The van der Waals surface area contributed by atoms with Gasteiger partial charge in [-0.3, -0.25) is 0 Å². The van der Waals surface area contributed by atoms with Crippen LogP contribution in [0.4, 0.5) is 0 Å². The van der Waals surface area contributed by atoms with Crippen molar-refractivity contribution < 1.29 is 4.42 Å². The van der Waals surface area contributed by atoms with Crippen molar-refractivity contribution >= 4 is 12.4 Å². The summed E-state index contributed by atoms with van der Waals surface area (Å²) >= 11 is 0. The third-order valence-electron chi connectivity index (χ3n) is 3.39. The molecule has 2 nitrogen and oxygen atoms in total. The van der Waals surface area contributed by atoms with Crippen molar-refractivity contribution in [2.24, 2.45) is 0 Å². The van der Waals surface area contributed by atoms with Gasteiger partial charge in [0.25, 0.3) is 0 Å². The number of rotatable bonds is 4. The summed E-state index contributed by atoms with van der Waals surface area (Å²) in [6.07, 6.45) is 0. The van der Waals surface area contributed by atoms with Crippen LogP contribution in [0, 0.1) is 0 Å². The van der Waals surface area contributed by atoms with Gasteiger partial charge in [0.05, 0.1) is 0 Å². The molecule has 0 unspecified atom stereocenters. The molecule has 0 saturated heterocycles. The van der Waals surface area contributed by atoms with Gasteiger partial charge in [-0.1, -0.05) is 60.7 Å². The fourth-order valence-electron chi connectivity index (χ4n) is 2.47. The monoisotopic (exact) mass is 313 g/mol. The average molecular weight is 314 g/mol. The van der Waals surface area contributed by atoms with E-state index >= 15 is 0 Å². The Labute approximate surface area is 137 Å². The molecule has 0 amide bonds. The molecule has 22 heavy (non-hydrogen) atoms. The van der Waals surface area contributed by atoms with Crippen LogP contribution in [0.5, 0.6) is 0 Å². The van der Waals surface area contributed by atoms with Gasteiger partial charge in [-0.15, -0.1) is 12.4 Å². The molecule has 3 heteroatoms. The van der Waals surface area contributed by atoms with Gasteiger partial charge in [-0.2, -0.15) is 0 Å². The minimum Gasteiger partial charge on any atom is -0.456 e. The van der Waals surface area contributed by atoms with Gasteiger partial charge in [0, 0.05) is 23.2 Å². The van der Waals surface area contributed by atoms with E-state index in [2.05, 4.69) is 49.3 Å². The van der Waals surface area contributed by atoms with E-state index in [0.717, 1.165) is 29.2 Å². The molecule has 0 bridgehead atoms. The highest BCUT2D eigenvalue weighted by Gasteiger charge is 2.14. The zero-order chi connectivity index (χ0) is 14.7. The summed E-state index contributed by atoms with van der Waals surface area (Å²) in [5.41, 5.74) is 3.45. The molecule has 0 aliphatic heterocycles. The molecule has 2 aromatic carbocycles. The van der Waals surface area contributed by atoms with Gasteiger partial charge in [0.15, 0.2) is 0 Å². The fourth-order valence-corrected chi connectivity index (χ4v) is 2.47. The van der Waals surface area contributed by atoms with E-state index < -0.39 is 0 Å². The van der Waals surface area contributed by atoms with E-state index in [-0.39, 0.29) is 12.4 Å². The van der Waals surface area contributed by atoms with Crippen LogP contribution < -0.4 is 0 Å². The Hall–Kier alpha value is -2.03. The second-order valence-corrected chi connectivity index (χ2v) is 5.43. The molecule has 3 aromatic rings. The quantitative estimate of drug-likeness (QED) is 0.666. The molecule has 0 aliphatic rings. The van der Waals surface area contributed by atoms with Crippen LogP contribution in [0.3, 0.4) is 0 Å². The Morgan fingerprint density at radius 2 is 1.36 bits per heavy atom. The SMILES string of the molecule is CN(C)Cc1cc(-c2ccccc2)oc1-c1ccccc1.Cl. The van der Waals surface area contributed by atoms with Gasteiger partial charge < -0.3 is 9.32 Å². The smallest absolute Gasteiger partial charge is 0.139 e. The summed E-state index contributed by atoms with van der Waals surface area (Å²) in [4.78, 5) is 2.16. The number of furan rings is 1. The number of benzene rings is 2. The predicted octanol–water partition coefficient (Wildman–Crippen LogP) is 5.10. The maximum absolute atomic E-state index is 6.16. The van der Waals surface area contributed by atoms with Crippen molar-refractivity contribution in [3.63, 3.8) is 0 Å². The van der Waals surface area contributed by atoms with Crippen molar-refractivity contribution in [3.05, 3.63) is 72.3 Å². The lowest BCUT2D eigenvalue weighted by Crippen LogP contribution is -2.10. The molecule has 0 N–H and O–H groups in total. The van der Waals surface area contributed by atoms with Crippen molar-refractivity contribution in [2.45, 2.75) is 6.54 Å². The molecule has 3 rings (SSSR count). The summed E-state index contributed by atoms with van der Waals surface area (Å²) in [6.45, 7) is 0.862. The minimum absolute atomic E-state index is 0. The number of nitrogens with zero attached hydrogens (tertiary/aromatic N) is 1. The second kappa shape index (κ2) is 7.30. The van der Waals surface area contributed by atoms with E-state index in [1.807, 2.05) is 36.4 Å². The first kappa shape index (κ1) is 16.3. The zero-order valence-corrected chi connectivity index (χ0v) is 13.6. The molecule has 0 spiro atoms. The van der Waals surface area contributed by atoms with Crippen LogP contribution in [0.1, 0.15) is 5.56 Å². The van der Waals surface area contributed by atoms with Crippen LogP contribution in [-0.2, 0) is 6.54 Å². The standard InChI is InChI=1S/C19H19NO.ClH/c1-20(2)14-17-13-18(15-9-5-3-6-10-15)21-19(17)16-11-7-4-8-12-16;/h3-13H,14H2,1-2H3;1H. The van der Waals surface area contributed by atoms with Crippen LogP contribution in [-0.4, -0.2) is 19.0 Å². The van der Waals surface area contributed by atoms with Gasteiger partial charge >= 0.3 is 0 Å². The fraction of sp³-hybridized carbons (Fsp3) is 0.158. The average Bonchev–Trinajstić information content (AvgIpc) is 2.92. The first-order valence-electron chi connectivity index (χ1n) is 7.12. The lowest BCUT2D eigenvalue weighted by Gasteiger charge is -2.09. The van der Waals surface area contributed by atoms with Crippen molar-refractivity contribution in [2.75, 3.05) is 14.1 Å². The molecule has 1 aromatic heterocycles. The van der Waals surface area contributed by atoms with E-state index in [9.17, 15) is 0 Å². The third-order valence-corrected chi connectivity index (χ3v) is 3.39. The predicted molar refractivity (Wildman–Crippen MR) is 94.2 cm³/mol. The molecular weight excluding hydrogens is 294 g/mol. The summed E-state index contributed by atoms with van der Waals surface area (Å²) in [7, 11) is 4.15. The molecule has 0 aliphatic carbocycles. The highest BCUT2D eigenvalue weighted by molar-refractivity contribution is 5.85. The third kappa shape index (κ3) is 3.59. The van der Waals surface area contributed by atoms with E-state index in [4.69, 9.17) is 4.42 Å². The Morgan fingerprint density at radius 1 is 0.818 bits per heavy atom. The summed E-state index contributed by atoms with van der Waals surface area (Å²) in [5.74, 6) is 1.88. The first-order chi connectivity index (χ1) is 10.2. The molecule has 0 saturated carbocycles. The topological polar surface area (TPSA) is 16.4 Å². The zero-order valence-electron chi connectivity index (χ0n) is 12.8. The lowest BCUT2D eigenvalue weighted by atomic mass is 10.1. The van der Waals surface area contributed by atoms with Crippen molar-refractivity contribution in [1.82, 2.24) is 4.90 Å². The summed E-state index contributed by atoms with van der Waals surface area (Å²) in [6, 6.07) is 22.7. The molecule has 0 fully saturated rings. The van der Waals surface area contributed by atoms with Crippen LogP contribution in [0.15, 0.2) is 71.1 Å². The Balaban J connectivity index is 0.00000176. The Kier molecular flexibility index (Phi) is 5.42. The number of hydrogen-bond acceptors (Lipinski definition) is 2. The first-order valence-corrected chi connectivity index (χ1v) is 7.12. The number of hydrogen-bond donors (Lipinski definition) is 0. The maximum atomic E-state index is 6.16. The lowest BCUT2D eigenvalue weighted by molar-refractivity contribution is 0.401. The van der Waals surface area contributed by atoms with E-state index in [0.29, 0.717) is 0 Å². The highest BCUT2D eigenvalue weighted by atomic mass is 35.5. The minimum atomic E-state index is 0. The van der Waals surface area contributed by atoms with Gasteiger partial charge in [0.1, 0.15) is 11.5 Å². The Bertz CT molecular complexity index is 705. The normalized spacial score (nSPS) is 10.5. The second-order valence-electron chi connectivity index (χ2n) is 5.43. The molecule has 0 radical (unpaired) electrons. The van der Waals surface area contributed by atoms with E-state index in [1.54, 1.807) is 0 Å². The maximum Gasteiger partial charge on any atom is 0.139 e. The van der Waals surface area contributed by atoms with Crippen LogP contribution in [0.2, 0.25) is 0 Å². The Morgan fingerprint density at radius 3 is 1.91 bits per heavy atom. The molecule has 1 heterocycles. The summed E-state index contributed by atoms with van der Waals surface area (Å²) in [5, 5.41) is 0. The largest absolute Gasteiger partial charge is 0.456 e. The van der Waals surface area contributed by atoms with Crippen LogP contribution >= 0.6 is 12.4 Å². The molecular formula is C19H20ClNO. The van der Waals surface area contributed by atoms with E-state index in [1.165, 1.54) is 5.56 Å². The van der Waals surface area contributed by atoms with Gasteiger partial charge in [-0.25, -0.2) is 0 Å². The summed E-state index contributed by atoms with van der Waals surface area (Å²) < 4.78 is 6.16. The van der Waals surface area contributed by atoms with Crippen molar-refractivity contribution in [3.8, 4) is 22.6 Å². The van der Waals surface area contributed by atoms with Gasteiger partial charge in [-0.05, 0) is 20.2 Å². The molecule has 0 atom stereocenters. The molecule has 114 valence electrons.